The maximum absolute atomic E-state index is 13.2. The second-order valence-electron chi connectivity index (χ2n) is 8.08. The van der Waals surface area contributed by atoms with Gasteiger partial charge in [-0.1, -0.05) is 22.2 Å². The number of hydrogen-bond acceptors (Lipinski definition) is 4. The molecule has 1 atom stereocenters. The number of nitriles is 2. The summed E-state index contributed by atoms with van der Waals surface area (Å²) in [7, 11) is -4.28. The monoisotopic (exact) mass is 557 g/mol. The minimum absolute atomic E-state index is 0.0998. The highest BCUT2D eigenvalue weighted by Gasteiger charge is 2.41. The van der Waals surface area contributed by atoms with Crippen LogP contribution in [0.3, 0.4) is 0 Å². The van der Waals surface area contributed by atoms with Gasteiger partial charge in [-0.05, 0) is 49.1 Å². The van der Waals surface area contributed by atoms with E-state index in [4.69, 9.17) is 0 Å². The Morgan fingerprint density at radius 1 is 1.11 bits per heavy atom. The van der Waals surface area contributed by atoms with Crippen molar-refractivity contribution in [1.29, 1.82) is 10.5 Å². The van der Waals surface area contributed by atoms with Gasteiger partial charge in [0.25, 0.3) is 0 Å². The number of hydrogen-bond donors (Lipinski definition) is 3. The summed E-state index contributed by atoms with van der Waals surface area (Å²) in [5, 5.41) is 21.5. The third-order valence-electron chi connectivity index (χ3n) is 5.49. The number of nitrogens with one attached hydrogen (secondary N) is 1. The van der Waals surface area contributed by atoms with Crippen LogP contribution in [0.2, 0.25) is 0 Å². The lowest BCUT2D eigenvalue weighted by molar-refractivity contribution is -0.169. The molecule has 1 heterocycles. The number of carbonyl (C=O) groups is 2. The minimum atomic E-state index is -5.39. The van der Waals surface area contributed by atoms with E-state index < -0.39 is 46.0 Å². The number of thiol groups is 1. The third-order valence-corrected chi connectivity index (χ3v) is 7.36. The Morgan fingerprint density at radius 3 is 2.32 bits per heavy atom. The van der Waals surface area contributed by atoms with Crippen LogP contribution in [0.25, 0.3) is 0 Å². The first-order valence-corrected chi connectivity index (χ1v) is 12.5. The molecule has 0 bridgehead atoms. The SMILES string of the molecule is CC1=C(C#N)[C@@H](c2ccc(C#N)cc2[SH](C)(O)=NC(=O)C(F)(F)F)NC(=O)N1c1cccc(C(F)(F)F)c1. The lowest BCUT2D eigenvalue weighted by Crippen LogP contribution is -2.47. The van der Waals surface area contributed by atoms with E-state index in [1.807, 2.05) is 6.07 Å². The zero-order valence-corrected chi connectivity index (χ0v) is 20.3. The Labute approximate surface area is 212 Å². The van der Waals surface area contributed by atoms with E-state index in [-0.39, 0.29) is 33.0 Å². The van der Waals surface area contributed by atoms with Crippen LogP contribution in [-0.2, 0) is 21.1 Å². The molecule has 0 saturated carbocycles. The molecule has 15 heteroatoms. The number of alkyl halides is 6. The molecule has 2 aromatic rings. The summed E-state index contributed by atoms with van der Waals surface area (Å²) in [6.45, 7) is 1.28. The topological polar surface area (TPSA) is 130 Å². The number of allylic oxidation sites excluding steroid dienone is 1. The van der Waals surface area contributed by atoms with Gasteiger partial charge in [-0.15, -0.1) is 0 Å². The highest BCUT2D eigenvalue weighted by Crippen LogP contribution is 2.39. The number of anilines is 1. The Hall–Kier alpha value is -4.21. The first-order valence-electron chi connectivity index (χ1n) is 10.4. The van der Waals surface area contributed by atoms with Gasteiger partial charge in [-0.2, -0.15) is 41.2 Å². The number of halogens is 6. The molecule has 0 radical (unpaired) electrons. The fraction of sp³-hybridized carbons (Fsp3) is 0.217. The van der Waals surface area contributed by atoms with Crippen LogP contribution in [0.5, 0.6) is 0 Å². The number of benzene rings is 2. The molecule has 1 aliphatic heterocycles. The molecular formula is C23H17F6N5O3S. The molecule has 0 fully saturated rings. The summed E-state index contributed by atoms with van der Waals surface area (Å²) >= 11 is 0. The van der Waals surface area contributed by atoms with Gasteiger partial charge in [0.15, 0.2) is 0 Å². The van der Waals surface area contributed by atoms with Crippen LogP contribution < -0.4 is 10.2 Å². The van der Waals surface area contributed by atoms with Gasteiger partial charge in [-0.3, -0.25) is 9.69 Å². The summed E-state index contributed by atoms with van der Waals surface area (Å²) in [4.78, 5) is 25.0. The van der Waals surface area contributed by atoms with Crippen molar-refractivity contribution >= 4 is 27.7 Å². The smallest absolute Gasteiger partial charge is 0.340 e. The summed E-state index contributed by atoms with van der Waals surface area (Å²) < 4.78 is 92.0. The van der Waals surface area contributed by atoms with E-state index in [2.05, 4.69) is 9.68 Å². The fourth-order valence-corrected chi connectivity index (χ4v) is 5.42. The first-order chi connectivity index (χ1) is 17.5. The summed E-state index contributed by atoms with van der Waals surface area (Å²) in [5.74, 6) is -2.57. The molecule has 8 nitrogen and oxygen atoms in total. The van der Waals surface area contributed by atoms with E-state index >= 15 is 0 Å². The lowest BCUT2D eigenvalue weighted by Gasteiger charge is -2.35. The molecule has 2 aromatic carbocycles. The summed E-state index contributed by atoms with van der Waals surface area (Å²) in [5.41, 5.74) is -1.85. The van der Waals surface area contributed by atoms with Gasteiger partial charge in [0.05, 0.1) is 40.6 Å². The predicted octanol–water partition coefficient (Wildman–Crippen LogP) is 5.27. The van der Waals surface area contributed by atoms with Gasteiger partial charge in [0, 0.05) is 10.6 Å². The molecule has 0 spiro atoms. The highest BCUT2D eigenvalue weighted by molar-refractivity contribution is 7.99. The second kappa shape index (κ2) is 9.92. The standard InChI is InChI=1S/C23H17F6N5O3S/c1-12-17(11-31)19(32-21(36)34(12)15-5-3-4-14(9-15)22(24,25)26)16-7-6-13(10-30)8-18(16)38(2,37)33-20(35)23(27,28)29/h3-9,19,38H,1-2H3,(H,32,36)(H,33,35,37)/t19-/m1/s1. The average Bonchev–Trinajstić information content (AvgIpc) is 2.82. The largest absolute Gasteiger partial charge is 0.474 e. The van der Waals surface area contributed by atoms with Crippen molar-refractivity contribution < 1.29 is 40.5 Å². The quantitative estimate of drug-likeness (QED) is 0.350. The van der Waals surface area contributed by atoms with Crippen LogP contribution in [0.4, 0.5) is 36.8 Å². The normalized spacial score (nSPS) is 16.9. The van der Waals surface area contributed by atoms with E-state index in [1.54, 1.807) is 6.07 Å². The first kappa shape index (κ1) is 28.4. The van der Waals surface area contributed by atoms with Crippen molar-refractivity contribution in [3.8, 4) is 12.1 Å². The van der Waals surface area contributed by atoms with E-state index in [9.17, 15) is 51.0 Å². The molecule has 2 N–H and O–H groups in total. The maximum Gasteiger partial charge on any atom is 0.474 e. The Bertz CT molecular complexity index is 1490. The van der Waals surface area contributed by atoms with Crippen LogP contribution in [0, 0.1) is 22.7 Å². The summed E-state index contributed by atoms with van der Waals surface area (Å²) in [6, 6.07) is 8.31. The number of rotatable bonds is 3. The van der Waals surface area contributed by atoms with Crippen LogP contribution in [-0.4, -0.2) is 28.9 Å². The molecule has 0 saturated heterocycles. The van der Waals surface area contributed by atoms with Crippen LogP contribution >= 0.6 is 0 Å². The van der Waals surface area contributed by atoms with Gasteiger partial charge < -0.3 is 9.87 Å². The van der Waals surface area contributed by atoms with Gasteiger partial charge in [-0.25, -0.2) is 4.79 Å². The van der Waals surface area contributed by atoms with E-state index in [0.717, 1.165) is 29.4 Å². The Morgan fingerprint density at radius 2 is 1.76 bits per heavy atom. The summed E-state index contributed by atoms with van der Waals surface area (Å²) in [6.07, 6.45) is -9.25. The lowest BCUT2D eigenvalue weighted by atomic mass is 9.94. The molecule has 3 amide bonds. The number of nitrogens with zero attached hydrogens (tertiary/aromatic N) is 4. The molecule has 0 aliphatic carbocycles. The molecule has 0 unspecified atom stereocenters. The maximum atomic E-state index is 13.2. The number of amides is 3. The number of carbonyl (C=O) groups excluding carboxylic acids is 2. The Balaban J connectivity index is 2.22. The molecule has 0 aromatic heterocycles. The van der Waals surface area contributed by atoms with E-state index in [1.165, 1.54) is 25.1 Å². The van der Waals surface area contributed by atoms with Crippen LogP contribution in [0.1, 0.15) is 29.7 Å². The van der Waals surface area contributed by atoms with Gasteiger partial charge in [0.1, 0.15) is 0 Å². The molecule has 38 heavy (non-hydrogen) atoms. The third kappa shape index (κ3) is 5.53. The highest BCUT2D eigenvalue weighted by atomic mass is 32.3. The number of urea groups is 1. The second-order valence-corrected chi connectivity index (χ2v) is 10.6. The molecular weight excluding hydrogens is 540 g/mol. The molecule has 200 valence electrons. The van der Waals surface area contributed by atoms with Gasteiger partial charge >= 0.3 is 24.3 Å². The van der Waals surface area contributed by atoms with Crippen molar-refractivity contribution in [2.75, 3.05) is 11.2 Å². The zero-order valence-electron chi connectivity index (χ0n) is 19.4. The molecule has 1 aliphatic rings. The van der Waals surface area contributed by atoms with E-state index in [0.29, 0.717) is 6.07 Å². The molecule has 3 rings (SSSR count). The average molecular weight is 557 g/mol. The van der Waals surface area contributed by atoms with Crippen molar-refractivity contribution in [3.63, 3.8) is 0 Å². The predicted molar refractivity (Wildman–Crippen MR) is 124 cm³/mol. The van der Waals surface area contributed by atoms with Gasteiger partial charge in [0.2, 0.25) is 0 Å². The fourth-order valence-electron chi connectivity index (χ4n) is 3.76. The van der Waals surface area contributed by atoms with Crippen molar-refractivity contribution in [3.05, 3.63) is 70.4 Å². The zero-order chi connectivity index (χ0) is 28.6. The Kier molecular flexibility index (Phi) is 7.41. The van der Waals surface area contributed by atoms with Crippen molar-refractivity contribution in [1.82, 2.24) is 5.32 Å². The minimum Gasteiger partial charge on any atom is -0.340 e. The van der Waals surface area contributed by atoms with Crippen molar-refractivity contribution in [2.45, 2.75) is 30.2 Å². The van der Waals surface area contributed by atoms with Crippen LogP contribution in [0.15, 0.2) is 63.0 Å². The van der Waals surface area contributed by atoms with Crippen molar-refractivity contribution in [2.24, 2.45) is 4.36 Å².